The van der Waals surface area contributed by atoms with Gasteiger partial charge in [-0.1, -0.05) is 12.1 Å². The Morgan fingerprint density at radius 3 is 2.38 bits per heavy atom. The number of carbonyl (C=O) groups is 1. The SMILES string of the molecule is COc1cc2c(c3c1OC(C)(C)C3)C(c1ccc(C(=O)O)cc1)=NC(C)(C)C2.Cl. The number of aromatic carboxylic acids is 1. The van der Waals surface area contributed by atoms with Crippen molar-refractivity contribution in [3.05, 3.63) is 58.1 Å². The number of ether oxygens (including phenoxy) is 2. The second-order valence-corrected chi connectivity index (χ2v) is 8.79. The third kappa shape index (κ3) is 3.71. The number of hydrogen-bond donors (Lipinski definition) is 1. The first-order valence-corrected chi connectivity index (χ1v) is 9.46. The minimum atomic E-state index is -0.932. The molecular formula is C23H26ClNO4. The lowest BCUT2D eigenvalue weighted by Gasteiger charge is -2.31. The van der Waals surface area contributed by atoms with E-state index in [1.165, 1.54) is 5.56 Å². The lowest BCUT2D eigenvalue weighted by atomic mass is 9.81. The van der Waals surface area contributed by atoms with E-state index in [1.807, 2.05) is 12.1 Å². The van der Waals surface area contributed by atoms with E-state index in [4.69, 9.17) is 14.5 Å². The van der Waals surface area contributed by atoms with Gasteiger partial charge < -0.3 is 14.6 Å². The number of carboxylic acids is 1. The quantitative estimate of drug-likeness (QED) is 0.788. The number of benzene rings is 2. The maximum Gasteiger partial charge on any atom is 0.335 e. The molecule has 2 aromatic rings. The Labute approximate surface area is 177 Å². The van der Waals surface area contributed by atoms with E-state index in [1.54, 1.807) is 19.2 Å². The number of hydrogen-bond acceptors (Lipinski definition) is 4. The van der Waals surface area contributed by atoms with Crippen molar-refractivity contribution in [1.29, 1.82) is 0 Å². The molecule has 1 N–H and O–H groups in total. The molecule has 2 aliphatic rings. The summed E-state index contributed by atoms with van der Waals surface area (Å²) < 4.78 is 11.8. The summed E-state index contributed by atoms with van der Waals surface area (Å²) in [6, 6.07) is 9.00. The van der Waals surface area contributed by atoms with Crippen molar-refractivity contribution >= 4 is 24.1 Å². The van der Waals surface area contributed by atoms with Gasteiger partial charge in [0.2, 0.25) is 0 Å². The Morgan fingerprint density at radius 2 is 1.79 bits per heavy atom. The van der Waals surface area contributed by atoms with Crippen LogP contribution in [0.2, 0.25) is 0 Å². The highest BCUT2D eigenvalue weighted by molar-refractivity contribution is 6.16. The van der Waals surface area contributed by atoms with E-state index in [2.05, 4.69) is 33.8 Å². The van der Waals surface area contributed by atoms with Crippen molar-refractivity contribution < 1.29 is 19.4 Å². The lowest BCUT2D eigenvalue weighted by molar-refractivity contribution is 0.0697. The molecule has 0 amide bonds. The van der Waals surface area contributed by atoms with Crippen LogP contribution in [0.25, 0.3) is 0 Å². The summed E-state index contributed by atoms with van der Waals surface area (Å²) >= 11 is 0. The van der Waals surface area contributed by atoms with Gasteiger partial charge in [0.25, 0.3) is 0 Å². The fraction of sp³-hybridized carbons (Fsp3) is 0.391. The van der Waals surface area contributed by atoms with Crippen LogP contribution >= 0.6 is 12.4 Å². The van der Waals surface area contributed by atoms with Crippen molar-refractivity contribution in [2.75, 3.05) is 7.11 Å². The van der Waals surface area contributed by atoms with Crippen molar-refractivity contribution in [1.82, 2.24) is 0 Å². The predicted octanol–water partition coefficient (Wildman–Crippen LogP) is 4.70. The highest BCUT2D eigenvalue weighted by Crippen LogP contribution is 2.47. The van der Waals surface area contributed by atoms with Gasteiger partial charge in [-0.3, -0.25) is 4.99 Å². The molecule has 2 aliphatic heterocycles. The molecule has 0 bridgehead atoms. The van der Waals surface area contributed by atoms with Crippen LogP contribution in [0.3, 0.4) is 0 Å². The minimum absolute atomic E-state index is 0. The molecule has 29 heavy (non-hydrogen) atoms. The molecule has 154 valence electrons. The molecule has 5 nitrogen and oxygen atoms in total. The van der Waals surface area contributed by atoms with Gasteiger partial charge in [-0.2, -0.15) is 0 Å². The molecule has 0 unspecified atom stereocenters. The summed E-state index contributed by atoms with van der Waals surface area (Å²) in [4.78, 5) is 16.3. The second kappa shape index (κ2) is 7.06. The molecule has 0 saturated carbocycles. The highest BCUT2D eigenvalue weighted by Gasteiger charge is 2.39. The Balaban J connectivity index is 0.00000240. The van der Waals surface area contributed by atoms with Crippen LogP contribution in [-0.4, -0.2) is 35.0 Å². The maximum absolute atomic E-state index is 11.2. The fourth-order valence-corrected chi connectivity index (χ4v) is 4.20. The zero-order chi connectivity index (χ0) is 20.3. The van der Waals surface area contributed by atoms with Crippen molar-refractivity contribution in [3.8, 4) is 11.5 Å². The standard InChI is InChI=1S/C23H25NO4.ClH/c1-22(2)11-15-10-17(27-5)20-16(12-23(3,4)28-20)18(15)19(24-22)13-6-8-14(9-7-13)21(25)26;/h6-10H,11-12H2,1-5H3,(H,25,26);1H. The summed E-state index contributed by atoms with van der Waals surface area (Å²) in [6.07, 6.45) is 1.58. The van der Waals surface area contributed by atoms with Crippen molar-refractivity contribution in [3.63, 3.8) is 0 Å². The van der Waals surface area contributed by atoms with Gasteiger partial charge in [0, 0.05) is 23.1 Å². The van der Waals surface area contributed by atoms with Gasteiger partial charge in [0.15, 0.2) is 11.5 Å². The number of aliphatic imine (C=N–C) groups is 1. The molecular weight excluding hydrogens is 390 g/mol. The van der Waals surface area contributed by atoms with Crippen LogP contribution < -0.4 is 9.47 Å². The van der Waals surface area contributed by atoms with Crippen LogP contribution in [-0.2, 0) is 12.8 Å². The smallest absolute Gasteiger partial charge is 0.335 e. The van der Waals surface area contributed by atoms with Crippen molar-refractivity contribution in [2.45, 2.75) is 51.7 Å². The van der Waals surface area contributed by atoms with Crippen LogP contribution in [0.4, 0.5) is 0 Å². The zero-order valence-corrected chi connectivity index (χ0v) is 18.1. The van der Waals surface area contributed by atoms with E-state index in [0.29, 0.717) is 0 Å². The van der Waals surface area contributed by atoms with Gasteiger partial charge in [0.1, 0.15) is 5.60 Å². The predicted molar refractivity (Wildman–Crippen MR) is 115 cm³/mol. The largest absolute Gasteiger partial charge is 0.493 e. The monoisotopic (exact) mass is 415 g/mol. The van der Waals surface area contributed by atoms with Gasteiger partial charge in [-0.25, -0.2) is 4.79 Å². The summed E-state index contributed by atoms with van der Waals surface area (Å²) in [5.41, 5.74) is 4.91. The number of carboxylic acid groups (broad SMARTS) is 1. The van der Waals surface area contributed by atoms with Crippen LogP contribution in [0, 0.1) is 0 Å². The summed E-state index contributed by atoms with van der Waals surface area (Å²) in [5.74, 6) is 0.622. The third-order valence-corrected chi connectivity index (χ3v) is 5.31. The Kier molecular flexibility index (Phi) is 5.16. The number of halogens is 1. The third-order valence-electron chi connectivity index (χ3n) is 5.31. The van der Waals surface area contributed by atoms with Gasteiger partial charge in [0.05, 0.1) is 23.9 Å². The molecule has 6 heteroatoms. The molecule has 0 saturated heterocycles. The second-order valence-electron chi connectivity index (χ2n) is 8.79. The van der Waals surface area contributed by atoms with Crippen molar-refractivity contribution in [2.24, 2.45) is 4.99 Å². The number of fused-ring (bicyclic) bond motifs is 3. The zero-order valence-electron chi connectivity index (χ0n) is 17.3. The summed E-state index contributed by atoms with van der Waals surface area (Å²) in [6.45, 7) is 8.37. The number of rotatable bonds is 3. The maximum atomic E-state index is 11.2. The average Bonchev–Trinajstić information content (AvgIpc) is 2.94. The molecule has 2 aromatic carbocycles. The number of methoxy groups -OCH3 is 1. The molecule has 0 aromatic heterocycles. The Morgan fingerprint density at radius 1 is 1.14 bits per heavy atom. The molecule has 0 atom stereocenters. The molecule has 2 heterocycles. The molecule has 0 radical (unpaired) electrons. The van der Waals surface area contributed by atoms with Crippen LogP contribution in [0.5, 0.6) is 11.5 Å². The van der Waals surface area contributed by atoms with E-state index in [-0.39, 0.29) is 29.1 Å². The van der Waals surface area contributed by atoms with E-state index in [0.717, 1.165) is 46.7 Å². The first kappa shape index (κ1) is 21.2. The van der Waals surface area contributed by atoms with Gasteiger partial charge in [-0.05, 0) is 57.9 Å². The first-order chi connectivity index (χ1) is 13.1. The summed E-state index contributed by atoms with van der Waals surface area (Å²) in [5, 5.41) is 9.21. The summed E-state index contributed by atoms with van der Waals surface area (Å²) in [7, 11) is 1.67. The Bertz CT molecular complexity index is 1010. The van der Waals surface area contributed by atoms with Crippen LogP contribution in [0.15, 0.2) is 35.3 Å². The first-order valence-electron chi connectivity index (χ1n) is 9.46. The number of nitrogens with zero attached hydrogens (tertiary/aromatic N) is 1. The molecule has 0 aliphatic carbocycles. The topological polar surface area (TPSA) is 68.1 Å². The Hall–Kier alpha value is -2.53. The molecule has 0 fully saturated rings. The highest BCUT2D eigenvalue weighted by atomic mass is 35.5. The van der Waals surface area contributed by atoms with Gasteiger partial charge >= 0.3 is 5.97 Å². The van der Waals surface area contributed by atoms with Gasteiger partial charge in [-0.15, -0.1) is 12.4 Å². The lowest BCUT2D eigenvalue weighted by Crippen LogP contribution is -2.30. The van der Waals surface area contributed by atoms with E-state index >= 15 is 0 Å². The molecule has 0 spiro atoms. The van der Waals surface area contributed by atoms with Crippen LogP contribution in [0.1, 0.15) is 60.3 Å². The minimum Gasteiger partial charge on any atom is -0.493 e. The molecule has 4 rings (SSSR count). The average molecular weight is 416 g/mol. The fourth-order valence-electron chi connectivity index (χ4n) is 4.20. The normalized spacial score (nSPS) is 17.9. The van der Waals surface area contributed by atoms with E-state index < -0.39 is 5.97 Å². The van der Waals surface area contributed by atoms with E-state index in [9.17, 15) is 9.90 Å².